The van der Waals surface area contributed by atoms with Crippen LogP contribution in [0.3, 0.4) is 0 Å². The van der Waals surface area contributed by atoms with E-state index in [0.717, 1.165) is 50.2 Å². The molecule has 0 saturated carbocycles. The molecule has 2 heterocycles. The molecule has 2 aromatic carbocycles. The molecule has 6 nitrogen and oxygen atoms in total. The van der Waals surface area contributed by atoms with Crippen LogP contribution in [-0.4, -0.2) is 41.4 Å². The summed E-state index contributed by atoms with van der Waals surface area (Å²) >= 11 is 0. The Morgan fingerprint density at radius 2 is 1.80 bits per heavy atom. The molecule has 1 aliphatic heterocycles. The third-order valence-corrected chi connectivity index (χ3v) is 5.20. The van der Waals surface area contributed by atoms with Crippen LogP contribution in [0, 0.1) is 11.6 Å². The van der Waals surface area contributed by atoms with Crippen LogP contribution in [0.4, 0.5) is 8.78 Å². The van der Waals surface area contributed by atoms with Crippen LogP contribution in [0.5, 0.6) is 17.2 Å². The third kappa shape index (κ3) is 3.95. The zero-order chi connectivity index (χ0) is 21.3. The van der Waals surface area contributed by atoms with Crippen LogP contribution in [0.1, 0.15) is 19.3 Å². The average molecular weight is 417 g/mol. The molecule has 0 aliphatic carbocycles. The molecule has 1 aromatic heterocycles. The van der Waals surface area contributed by atoms with Crippen LogP contribution in [0.25, 0.3) is 22.3 Å². The quantitative estimate of drug-likeness (QED) is 0.653. The minimum Gasteiger partial charge on any atom is -0.508 e. The molecule has 1 aliphatic rings. The average Bonchev–Trinajstić information content (AvgIpc) is 2.71. The number of rotatable bonds is 5. The summed E-state index contributed by atoms with van der Waals surface area (Å²) in [6.45, 7) is 2.68. The van der Waals surface area contributed by atoms with E-state index in [0.29, 0.717) is 6.54 Å². The van der Waals surface area contributed by atoms with Crippen LogP contribution >= 0.6 is 0 Å². The molecule has 8 heteroatoms. The van der Waals surface area contributed by atoms with Gasteiger partial charge in [-0.15, -0.1) is 0 Å². The van der Waals surface area contributed by atoms with E-state index in [2.05, 4.69) is 4.90 Å². The summed E-state index contributed by atoms with van der Waals surface area (Å²) in [4.78, 5) is 15.3. The number of fused-ring (bicyclic) bond motifs is 1. The van der Waals surface area contributed by atoms with Gasteiger partial charge in [-0.25, -0.2) is 8.78 Å². The Kier molecular flexibility index (Phi) is 5.59. The number of ether oxygens (including phenoxy) is 1. The number of aromatic hydroxyl groups is 2. The summed E-state index contributed by atoms with van der Waals surface area (Å²) in [5.74, 6) is -3.21. The van der Waals surface area contributed by atoms with Gasteiger partial charge in [-0.3, -0.25) is 9.69 Å². The molecule has 0 radical (unpaired) electrons. The largest absolute Gasteiger partial charge is 0.508 e. The van der Waals surface area contributed by atoms with E-state index in [1.165, 1.54) is 12.5 Å². The van der Waals surface area contributed by atoms with Crippen LogP contribution < -0.4 is 10.2 Å². The van der Waals surface area contributed by atoms with E-state index in [9.17, 15) is 23.8 Å². The molecule has 4 rings (SSSR count). The smallest absolute Gasteiger partial charge is 0.239 e. The second-order valence-electron chi connectivity index (χ2n) is 7.31. The Morgan fingerprint density at radius 3 is 2.53 bits per heavy atom. The van der Waals surface area contributed by atoms with E-state index in [1.54, 1.807) is 0 Å². The number of hydrogen-bond donors (Lipinski definition) is 2. The van der Waals surface area contributed by atoms with E-state index in [1.807, 2.05) is 0 Å². The van der Waals surface area contributed by atoms with Crippen molar-refractivity contribution >= 4 is 11.0 Å². The minimum absolute atomic E-state index is 0.0967. The predicted molar refractivity (Wildman–Crippen MR) is 107 cm³/mol. The standard InChI is InChI=1S/C22H21F2NO5/c23-15-5-4-13(10-16(15)24)21-22(29-9-8-25-6-2-1-3-7-25)20(28)19-17(27)11-14(26)12-18(19)30-21/h4-5,10-12,26-27H,1-3,6-9H2. The zero-order valence-electron chi connectivity index (χ0n) is 16.2. The summed E-state index contributed by atoms with van der Waals surface area (Å²) in [6, 6.07) is 5.28. The van der Waals surface area contributed by atoms with Crippen molar-refractivity contribution in [2.45, 2.75) is 19.3 Å². The molecular weight excluding hydrogens is 396 g/mol. The molecule has 2 N–H and O–H groups in total. The maximum absolute atomic E-state index is 13.8. The van der Waals surface area contributed by atoms with Crippen LogP contribution in [0.2, 0.25) is 0 Å². The van der Waals surface area contributed by atoms with Gasteiger partial charge in [0.05, 0.1) is 0 Å². The van der Waals surface area contributed by atoms with Gasteiger partial charge in [-0.05, 0) is 44.1 Å². The summed E-state index contributed by atoms with van der Waals surface area (Å²) in [5.41, 5.74) is -0.656. The van der Waals surface area contributed by atoms with E-state index in [4.69, 9.17) is 9.15 Å². The van der Waals surface area contributed by atoms with Gasteiger partial charge in [0.1, 0.15) is 29.1 Å². The molecule has 3 aromatic rings. The lowest BCUT2D eigenvalue weighted by Crippen LogP contribution is -2.33. The molecule has 1 fully saturated rings. The topological polar surface area (TPSA) is 83.1 Å². The summed E-state index contributed by atoms with van der Waals surface area (Å²) in [7, 11) is 0. The van der Waals surface area contributed by atoms with Crippen molar-refractivity contribution < 1.29 is 28.1 Å². The molecule has 0 unspecified atom stereocenters. The number of benzene rings is 2. The van der Waals surface area contributed by atoms with Gasteiger partial charge in [0.25, 0.3) is 0 Å². The van der Waals surface area contributed by atoms with Gasteiger partial charge in [-0.1, -0.05) is 6.42 Å². The van der Waals surface area contributed by atoms with Gasteiger partial charge in [0.15, 0.2) is 17.4 Å². The van der Waals surface area contributed by atoms with Crippen LogP contribution in [0.15, 0.2) is 39.5 Å². The van der Waals surface area contributed by atoms with Crippen molar-refractivity contribution in [1.82, 2.24) is 4.90 Å². The number of piperidine rings is 1. The fraction of sp³-hybridized carbons (Fsp3) is 0.318. The Morgan fingerprint density at radius 1 is 1.03 bits per heavy atom. The zero-order valence-corrected chi connectivity index (χ0v) is 16.2. The predicted octanol–water partition coefficient (Wildman–Crippen LogP) is 4.01. The molecule has 158 valence electrons. The van der Waals surface area contributed by atoms with Crippen molar-refractivity contribution in [2.24, 2.45) is 0 Å². The van der Waals surface area contributed by atoms with E-state index < -0.39 is 22.8 Å². The van der Waals surface area contributed by atoms with Crippen molar-refractivity contribution in [3.8, 4) is 28.6 Å². The first-order valence-corrected chi connectivity index (χ1v) is 9.77. The van der Waals surface area contributed by atoms with Gasteiger partial charge in [-0.2, -0.15) is 0 Å². The normalized spacial score (nSPS) is 14.9. The summed E-state index contributed by atoms with van der Waals surface area (Å²) < 4.78 is 38.7. The molecule has 1 saturated heterocycles. The SMILES string of the molecule is O=c1c(OCCN2CCCCC2)c(-c2ccc(F)c(F)c2)oc2cc(O)cc(O)c12. The first-order chi connectivity index (χ1) is 14.4. The van der Waals surface area contributed by atoms with Gasteiger partial charge in [0, 0.05) is 24.2 Å². The minimum atomic E-state index is -1.10. The first-order valence-electron chi connectivity index (χ1n) is 9.77. The lowest BCUT2D eigenvalue weighted by Gasteiger charge is -2.26. The highest BCUT2D eigenvalue weighted by Crippen LogP contribution is 2.36. The highest BCUT2D eigenvalue weighted by molar-refractivity contribution is 5.88. The van der Waals surface area contributed by atoms with Gasteiger partial charge < -0.3 is 19.4 Å². The number of likely N-dealkylation sites (tertiary alicyclic amines) is 1. The number of hydrogen-bond acceptors (Lipinski definition) is 6. The monoisotopic (exact) mass is 417 g/mol. The highest BCUT2D eigenvalue weighted by Gasteiger charge is 2.22. The maximum Gasteiger partial charge on any atom is 0.239 e. The molecule has 0 spiro atoms. The van der Waals surface area contributed by atoms with Crippen molar-refractivity contribution in [1.29, 1.82) is 0 Å². The van der Waals surface area contributed by atoms with E-state index in [-0.39, 0.29) is 40.4 Å². The molecule has 0 amide bonds. The Balaban J connectivity index is 1.77. The maximum atomic E-state index is 13.8. The van der Waals surface area contributed by atoms with Crippen molar-refractivity contribution in [3.05, 3.63) is 52.2 Å². The van der Waals surface area contributed by atoms with Crippen LogP contribution in [-0.2, 0) is 0 Å². The fourth-order valence-corrected chi connectivity index (χ4v) is 3.69. The first kappa shape index (κ1) is 20.2. The second kappa shape index (κ2) is 8.31. The molecule has 30 heavy (non-hydrogen) atoms. The van der Waals surface area contributed by atoms with E-state index >= 15 is 0 Å². The molecule has 0 bridgehead atoms. The van der Waals surface area contributed by atoms with Gasteiger partial charge >= 0.3 is 0 Å². The fourth-order valence-electron chi connectivity index (χ4n) is 3.69. The summed E-state index contributed by atoms with van der Waals surface area (Å²) in [6.07, 6.45) is 3.41. The number of phenols is 2. The van der Waals surface area contributed by atoms with Crippen molar-refractivity contribution in [3.63, 3.8) is 0 Å². The Hall–Kier alpha value is -3.13. The number of nitrogens with zero attached hydrogens (tertiary/aromatic N) is 1. The lowest BCUT2D eigenvalue weighted by molar-refractivity contribution is 0.182. The second-order valence-corrected chi connectivity index (χ2v) is 7.31. The Bertz CT molecular complexity index is 1140. The third-order valence-electron chi connectivity index (χ3n) is 5.20. The number of halogens is 2. The van der Waals surface area contributed by atoms with Gasteiger partial charge in [0.2, 0.25) is 11.2 Å². The summed E-state index contributed by atoms with van der Waals surface area (Å²) in [5, 5.41) is 19.7. The molecule has 0 atom stereocenters. The lowest BCUT2D eigenvalue weighted by atomic mass is 10.1. The molecular formula is C22H21F2NO5. The Labute approximate surface area is 170 Å². The number of phenolic OH excluding ortho intramolecular Hbond substituents is 2. The highest BCUT2D eigenvalue weighted by atomic mass is 19.2. The van der Waals surface area contributed by atoms with Crippen molar-refractivity contribution in [2.75, 3.05) is 26.2 Å².